The van der Waals surface area contributed by atoms with Gasteiger partial charge in [-0.3, -0.25) is 0 Å². The van der Waals surface area contributed by atoms with Crippen LogP contribution in [0.4, 0.5) is 5.69 Å². The van der Waals surface area contributed by atoms with Gasteiger partial charge in [-0.25, -0.2) is 0 Å². The third kappa shape index (κ3) is 3.54. The topological polar surface area (TPSA) is 54.0 Å². The number of anilines is 1. The predicted octanol–water partition coefficient (Wildman–Crippen LogP) is 1.40. The van der Waals surface area contributed by atoms with Crippen LogP contribution in [0, 0.1) is 0 Å². The van der Waals surface area contributed by atoms with Gasteiger partial charge in [-0.1, -0.05) is 12.1 Å². The van der Waals surface area contributed by atoms with Crippen LogP contribution in [-0.4, -0.2) is 56.7 Å². The highest BCUT2D eigenvalue weighted by Crippen LogP contribution is 2.30. The molecule has 0 aliphatic carbocycles. The highest BCUT2D eigenvalue weighted by atomic mass is 16.5. The molecule has 2 saturated heterocycles. The van der Waals surface area contributed by atoms with E-state index in [1.807, 2.05) is 12.1 Å². The molecule has 2 aliphatic rings. The molecule has 3 rings (SSSR count). The lowest BCUT2D eigenvalue weighted by atomic mass is 9.99. The number of ether oxygens (including phenoxy) is 2. The van der Waals surface area contributed by atoms with Crippen LogP contribution in [0.5, 0.6) is 5.75 Å². The molecule has 1 aromatic carbocycles. The van der Waals surface area contributed by atoms with E-state index in [9.17, 15) is 5.11 Å². The molecule has 5 nitrogen and oxygen atoms in total. The molecule has 2 heterocycles. The molecule has 22 heavy (non-hydrogen) atoms. The number of aliphatic hydroxyl groups excluding tert-OH is 1. The molecule has 2 aliphatic heterocycles. The summed E-state index contributed by atoms with van der Waals surface area (Å²) in [5, 5.41) is 13.6. The van der Waals surface area contributed by atoms with Crippen molar-refractivity contribution in [1.29, 1.82) is 0 Å². The zero-order valence-electron chi connectivity index (χ0n) is 13.2. The Kier molecular flexibility index (Phi) is 5.18. The first-order valence-electron chi connectivity index (χ1n) is 8.18. The van der Waals surface area contributed by atoms with E-state index >= 15 is 0 Å². The van der Waals surface area contributed by atoms with Crippen LogP contribution in [0.15, 0.2) is 24.3 Å². The first-order chi connectivity index (χ1) is 10.8. The number of methoxy groups -OCH3 is 1. The third-order valence-corrected chi connectivity index (χ3v) is 4.70. The van der Waals surface area contributed by atoms with Crippen molar-refractivity contribution in [3.8, 4) is 5.75 Å². The highest BCUT2D eigenvalue weighted by molar-refractivity contribution is 5.58. The smallest absolute Gasteiger partial charge is 0.142 e. The van der Waals surface area contributed by atoms with Crippen molar-refractivity contribution in [2.45, 2.75) is 37.5 Å². The lowest BCUT2D eigenvalue weighted by molar-refractivity contribution is -0.0309. The average Bonchev–Trinajstić information content (AvgIpc) is 2.58. The molecule has 0 radical (unpaired) electrons. The van der Waals surface area contributed by atoms with Crippen LogP contribution >= 0.6 is 0 Å². The van der Waals surface area contributed by atoms with Crippen LogP contribution in [0.2, 0.25) is 0 Å². The lowest BCUT2D eigenvalue weighted by Gasteiger charge is -2.38. The summed E-state index contributed by atoms with van der Waals surface area (Å²) in [5.41, 5.74) is 1.18. The Hall–Kier alpha value is -1.30. The average molecular weight is 306 g/mol. The van der Waals surface area contributed by atoms with Crippen LogP contribution < -0.4 is 15.0 Å². The Balaban J connectivity index is 1.54. The molecule has 5 heteroatoms. The number of hydrogen-bond acceptors (Lipinski definition) is 5. The van der Waals surface area contributed by atoms with E-state index in [4.69, 9.17) is 9.47 Å². The van der Waals surface area contributed by atoms with Gasteiger partial charge in [-0.05, 0) is 31.4 Å². The number of nitrogens with one attached hydrogen (secondary N) is 1. The summed E-state index contributed by atoms with van der Waals surface area (Å²) >= 11 is 0. The fraction of sp³-hybridized carbons (Fsp3) is 0.647. The SMILES string of the molecule is COc1ccccc1N1CCC(N[C@@H]2CCOC[C@H]2O)CC1. The van der Waals surface area contributed by atoms with Crippen LogP contribution in [0.25, 0.3) is 0 Å². The largest absolute Gasteiger partial charge is 0.495 e. The van der Waals surface area contributed by atoms with Crippen molar-refractivity contribution in [1.82, 2.24) is 5.32 Å². The van der Waals surface area contributed by atoms with Gasteiger partial charge in [-0.2, -0.15) is 0 Å². The molecular weight excluding hydrogens is 280 g/mol. The van der Waals surface area contributed by atoms with Crippen molar-refractivity contribution >= 4 is 5.69 Å². The maximum absolute atomic E-state index is 9.98. The van der Waals surface area contributed by atoms with E-state index in [0.717, 1.165) is 44.7 Å². The van der Waals surface area contributed by atoms with Gasteiger partial charge < -0.3 is 24.8 Å². The second-order valence-electron chi connectivity index (χ2n) is 6.14. The van der Waals surface area contributed by atoms with Crippen molar-refractivity contribution < 1.29 is 14.6 Å². The summed E-state index contributed by atoms with van der Waals surface area (Å²) in [6, 6.07) is 8.84. The Morgan fingerprint density at radius 1 is 1.23 bits per heavy atom. The number of aliphatic hydroxyl groups is 1. The molecule has 2 N–H and O–H groups in total. The van der Waals surface area contributed by atoms with Gasteiger partial charge >= 0.3 is 0 Å². The highest BCUT2D eigenvalue weighted by Gasteiger charge is 2.28. The van der Waals surface area contributed by atoms with Crippen LogP contribution in [-0.2, 0) is 4.74 Å². The number of piperidine rings is 1. The number of nitrogens with zero attached hydrogens (tertiary/aromatic N) is 1. The van der Waals surface area contributed by atoms with Crippen molar-refractivity contribution in [2.75, 3.05) is 38.3 Å². The Labute approximate surface area is 132 Å². The molecule has 1 aromatic rings. The maximum atomic E-state index is 9.98. The van der Waals surface area contributed by atoms with Gasteiger partial charge in [0.05, 0.1) is 25.5 Å². The van der Waals surface area contributed by atoms with Gasteiger partial charge in [0.15, 0.2) is 0 Å². The summed E-state index contributed by atoms with van der Waals surface area (Å²) in [6.07, 6.45) is 2.69. The minimum Gasteiger partial charge on any atom is -0.495 e. The number of hydrogen-bond donors (Lipinski definition) is 2. The summed E-state index contributed by atoms with van der Waals surface area (Å²) in [6.45, 7) is 3.22. The standard InChI is InChI=1S/C17H26N2O3/c1-21-17-5-3-2-4-15(17)19-9-6-13(7-10-19)18-14-8-11-22-12-16(14)20/h2-5,13-14,16,18,20H,6-12H2,1H3/t14-,16-/m1/s1. The number of rotatable bonds is 4. The minimum absolute atomic E-state index is 0.177. The van der Waals surface area contributed by atoms with E-state index < -0.39 is 0 Å². The van der Waals surface area contributed by atoms with Gasteiger partial charge in [0.1, 0.15) is 5.75 Å². The molecule has 2 fully saturated rings. The zero-order chi connectivity index (χ0) is 15.4. The molecule has 122 valence electrons. The van der Waals surface area contributed by atoms with Gasteiger partial charge in [0, 0.05) is 31.8 Å². The molecule has 0 saturated carbocycles. The fourth-order valence-corrected chi connectivity index (χ4v) is 3.40. The van der Waals surface area contributed by atoms with E-state index in [-0.39, 0.29) is 12.1 Å². The van der Waals surface area contributed by atoms with Crippen molar-refractivity contribution in [2.24, 2.45) is 0 Å². The molecular formula is C17H26N2O3. The second kappa shape index (κ2) is 7.31. The van der Waals surface area contributed by atoms with E-state index in [0.29, 0.717) is 12.6 Å². The van der Waals surface area contributed by atoms with Crippen LogP contribution in [0.1, 0.15) is 19.3 Å². The quantitative estimate of drug-likeness (QED) is 0.881. The Morgan fingerprint density at radius 2 is 2.00 bits per heavy atom. The van der Waals surface area contributed by atoms with Gasteiger partial charge in [-0.15, -0.1) is 0 Å². The fourth-order valence-electron chi connectivity index (χ4n) is 3.40. The predicted molar refractivity (Wildman–Crippen MR) is 86.6 cm³/mol. The van der Waals surface area contributed by atoms with E-state index in [2.05, 4.69) is 22.3 Å². The summed E-state index contributed by atoms with van der Waals surface area (Å²) in [4.78, 5) is 2.39. The first kappa shape index (κ1) is 15.6. The second-order valence-corrected chi connectivity index (χ2v) is 6.14. The summed E-state index contributed by atoms with van der Waals surface area (Å²) < 4.78 is 10.7. The zero-order valence-corrected chi connectivity index (χ0v) is 13.2. The number of benzene rings is 1. The molecule has 0 aromatic heterocycles. The Bertz CT molecular complexity index is 475. The normalized spacial score (nSPS) is 26.9. The van der Waals surface area contributed by atoms with Crippen LogP contribution in [0.3, 0.4) is 0 Å². The summed E-state index contributed by atoms with van der Waals surface area (Å²) in [5.74, 6) is 0.939. The lowest BCUT2D eigenvalue weighted by Crippen LogP contribution is -2.53. The minimum atomic E-state index is -0.374. The number of para-hydroxylation sites is 2. The monoisotopic (exact) mass is 306 g/mol. The molecule has 0 amide bonds. The van der Waals surface area contributed by atoms with Crippen molar-refractivity contribution in [3.63, 3.8) is 0 Å². The maximum Gasteiger partial charge on any atom is 0.142 e. The molecule has 0 bridgehead atoms. The van der Waals surface area contributed by atoms with E-state index in [1.165, 1.54) is 5.69 Å². The van der Waals surface area contributed by atoms with Gasteiger partial charge in [0.25, 0.3) is 0 Å². The first-order valence-corrected chi connectivity index (χ1v) is 8.18. The van der Waals surface area contributed by atoms with Gasteiger partial charge in [0.2, 0.25) is 0 Å². The molecule has 0 spiro atoms. The summed E-state index contributed by atoms with van der Waals surface area (Å²) in [7, 11) is 1.72. The third-order valence-electron chi connectivity index (χ3n) is 4.70. The molecule has 0 unspecified atom stereocenters. The van der Waals surface area contributed by atoms with E-state index in [1.54, 1.807) is 7.11 Å². The van der Waals surface area contributed by atoms with Crippen molar-refractivity contribution in [3.05, 3.63) is 24.3 Å². The molecule has 2 atom stereocenters. The Morgan fingerprint density at radius 3 is 2.73 bits per heavy atom.